The van der Waals surface area contributed by atoms with Crippen LogP contribution < -0.4 is 20.0 Å². The Hall–Kier alpha value is -3.56. The average molecular weight is 558 g/mol. The number of ether oxygens (including phenoxy) is 1. The Morgan fingerprint density at radius 3 is 2.48 bits per heavy atom. The molecule has 1 N–H and O–H groups in total. The summed E-state index contributed by atoms with van der Waals surface area (Å²) >= 11 is 0. The SMILES string of the molecule is CC1CN(c2nc(N3CCNC(CC#N)C3)c3c(c2C#N)CN(c2cccc4ccccc24)CC3)CC(C)O1.Cl. The van der Waals surface area contributed by atoms with Crippen LogP contribution in [0.25, 0.3) is 10.8 Å². The number of hydrogen-bond donors (Lipinski definition) is 1. The molecular weight excluding hydrogens is 522 g/mol. The first-order chi connectivity index (χ1) is 19.1. The van der Waals surface area contributed by atoms with E-state index in [4.69, 9.17) is 9.72 Å². The third-order valence-electron chi connectivity index (χ3n) is 8.18. The van der Waals surface area contributed by atoms with Crippen molar-refractivity contribution < 1.29 is 4.74 Å². The van der Waals surface area contributed by atoms with Gasteiger partial charge in [-0.2, -0.15) is 10.5 Å². The lowest BCUT2D eigenvalue weighted by Crippen LogP contribution is -2.51. The van der Waals surface area contributed by atoms with Crippen molar-refractivity contribution in [3.63, 3.8) is 0 Å². The van der Waals surface area contributed by atoms with Gasteiger partial charge in [-0.25, -0.2) is 4.98 Å². The van der Waals surface area contributed by atoms with Crippen molar-refractivity contribution >= 4 is 40.5 Å². The highest BCUT2D eigenvalue weighted by Gasteiger charge is 2.33. The molecule has 8 nitrogen and oxygen atoms in total. The number of nitriles is 2. The number of fused-ring (bicyclic) bond motifs is 2. The maximum atomic E-state index is 10.6. The molecule has 0 bridgehead atoms. The molecule has 9 heteroatoms. The van der Waals surface area contributed by atoms with E-state index in [0.717, 1.165) is 49.8 Å². The van der Waals surface area contributed by atoms with Crippen LogP contribution in [-0.4, -0.2) is 62.5 Å². The number of nitrogens with zero attached hydrogens (tertiary/aromatic N) is 6. The van der Waals surface area contributed by atoms with E-state index in [2.05, 4.69) is 88.5 Å². The quantitative estimate of drug-likeness (QED) is 0.505. The fraction of sp³-hybridized carbons (Fsp3) is 0.452. The Balaban J connectivity index is 0.00000323. The Bertz CT molecular complexity index is 1450. The summed E-state index contributed by atoms with van der Waals surface area (Å²) in [5, 5.41) is 25.8. The Morgan fingerprint density at radius 1 is 0.925 bits per heavy atom. The molecule has 0 aliphatic carbocycles. The summed E-state index contributed by atoms with van der Waals surface area (Å²) in [6.45, 7) is 9.48. The molecule has 3 atom stereocenters. The van der Waals surface area contributed by atoms with Crippen molar-refractivity contribution in [3.05, 3.63) is 59.2 Å². The average Bonchev–Trinajstić information content (AvgIpc) is 2.95. The Kier molecular flexibility index (Phi) is 8.32. The summed E-state index contributed by atoms with van der Waals surface area (Å²) in [7, 11) is 0. The van der Waals surface area contributed by atoms with Gasteiger partial charge in [0.15, 0.2) is 0 Å². The Labute approximate surface area is 242 Å². The van der Waals surface area contributed by atoms with E-state index in [1.54, 1.807) is 0 Å². The number of halogens is 1. The fourth-order valence-corrected chi connectivity index (χ4v) is 6.51. The molecule has 3 aliphatic heterocycles. The molecule has 4 heterocycles. The minimum absolute atomic E-state index is 0. The maximum Gasteiger partial charge on any atom is 0.149 e. The zero-order valence-electron chi connectivity index (χ0n) is 23.1. The molecule has 6 rings (SSSR count). The first-order valence-electron chi connectivity index (χ1n) is 14.0. The monoisotopic (exact) mass is 557 g/mol. The van der Waals surface area contributed by atoms with Gasteiger partial charge in [0.2, 0.25) is 0 Å². The van der Waals surface area contributed by atoms with Crippen LogP contribution in [0, 0.1) is 22.7 Å². The molecule has 2 saturated heterocycles. The number of aromatic nitrogens is 1. The topological polar surface area (TPSA) is 91.5 Å². The lowest BCUT2D eigenvalue weighted by molar-refractivity contribution is -0.00547. The van der Waals surface area contributed by atoms with Crippen molar-refractivity contribution in [1.29, 1.82) is 10.5 Å². The van der Waals surface area contributed by atoms with Crippen LogP contribution in [-0.2, 0) is 17.7 Å². The zero-order valence-corrected chi connectivity index (χ0v) is 24.0. The summed E-state index contributed by atoms with van der Waals surface area (Å²) in [6, 6.07) is 20.0. The molecule has 0 saturated carbocycles. The highest BCUT2D eigenvalue weighted by molar-refractivity contribution is 5.94. The van der Waals surface area contributed by atoms with E-state index < -0.39 is 0 Å². The van der Waals surface area contributed by atoms with Crippen molar-refractivity contribution in [3.8, 4) is 12.1 Å². The van der Waals surface area contributed by atoms with Gasteiger partial charge in [-0.1, -0.05) is 36.4 Å². The van der Waals surface area contributed by atoms with Crippen LogP contribution in [0.2, 0.25) is 0 Å². The molecule has 3 aromatic rings. The molecule has 3 unspecified atom stereocenters. The van der Waals surface area contributed by atoms with Gasteiger partial charge in [-0.05, 0) is 37.3 Å². The number of benzene rings is 2. The Morgan fingerprint density at radius 2 is 1.70 bits per heavy atom. The molecule has 0 spiro atoms. The van der Waals surface area contributed by atoms with Gasteiger partial charge in [0, 0.05) is 68.5 Å². The smallest absolute Gasteiger partial charge is 0.149 e. The summed E-state index contributed by atoms with van der Waals surface area (Å²) < 4.78 is 6.02. The van der Waals surface area contributed by atoms with Crippen LogP contribution in [0.1, 0.15) is 37.0 Å². The second-order valence-electron chi connectivity index (χ2n) is 11.0. The molecule has 2 aromatic carbocycles. The lowest BCUT2D eigenvalue weighted by Gasteiger charge is -2.41. The van der Waals surface area contributed by atoms with Crippen molar-refractivity contribution in [2.75, 3.05) is 54.0 Å². The number of nitrogens with one attached hydrogen (secondary N) is 1. The number of piperazine rings is 1. The first-order valence-corrected chi connectivity index (χ1v) is 14.0. The van der Waals surface area contributed by atoms with Crippen LogP contribution in [0.15, 0.2) is 42.5 Å². The third-order valence-corrected chi connectivity index (χ3v) is 8.18. The molecule has 2 fully saturated rings. The molecule has 40 heavy (non-hydrogen) atoms. The van der Waals surface area contributed by atoms with Gasteiger partial charge >= 0.3 is 0 Å². The summed E-state index contributed by atoms with van der Waals surface area (Å²) in [5.41, 5.74) is 4.15. The van der Waals surface area contributed by atoms with Gasteiger partial charge in [-0.15, -0.1) is 12.4 Å². The van der Waals surface area contributed by atoms with Crippen LogP contribution in [0.5, 0.6) is 0 Å². The number of hydrogen-bond acceptors (Lipinski definition) is 8. The second kappa shape index (κ2) is 11.9. The summed E-state index contributed by atoms with van der Waals surface area (Å²) in [4.78, 5) is 12.3. The number of morpholine rings is 1. The van der Waals surface area contributed by atoms with E-state index in [9.17, 15) is 10.5 Å². The van der Waals surface area contributed by atoms with E-state index in [1.165, 1.54) is 22.0 Å². The van der Waals surface area contributed by atoms with Gasteiger partial charge in [0.25, 0.3) is 0 Å². The second-order valence-corrected chi connectivity index (χ2v) is 11.0. The van der Waals surface area contributed by atoms with Crippen molar-refractivity contribution in [2.45, 2.75) is 51.5 Å². The van der Waals surface area contributed by atoms with Crippen LogP contribution >= 0.6 is 12.4 Å². The van der Waals surface area contributed by atoms with Gasteiger partial charge in [-0.3, -0.25) is 0 Å². The van der Waals surface area contributed by atoms with E-state index in [1.807, 2.05) is 0 Å². The predicted molar refractivity (Wildman–Crippen MR) is 161 cm³/mol. The molecule has 3 aliphatic rings. The van der Waals surface area contributed by atoms with E-state index >= 15 is 0 Å². The fourth-order valence-electron chi connectivity index (χ4n) is 6.51. The molecule has 208 valence electrons. The number of pyridine rings is 1. The third kappa shape index (κ3) is 5.28. The predicted octanol–water partition coefficient (Wildman–Crippen LogP) is 4.40. The summed E-state index contributed by atoms with van der Waals surface area (Å²) in [6.07, 6.45) is 1.41. The largest absolute Gasteiger partial charge is 0.372 e. The van der Waals surface area contributed by atoms with E-state index in [0.29, 0.717) is 31.6 Å². The van der Waals surface area contributed by atoms with Crippen LogP contribution in [0.3, 0.4) is 0 Å². The first kappa shape index (κ1) is 28.0. The van der Waals surface area contributed by atoms with E-state index in [-0.39, 0.29) is 30.7 Å². The highest BCUT2D eigenvalue weighted by atomic mass is 35.5. The van der Waals surface area contributed by atoms with Gasteiger partial charge in [0.05, 0.1) is 30.3 Å². The van der Waals surface area contributed by atoms with Gasteiger partial charge in [0.1, 0.15) is 17.7 Å². The highest BCUT2D eigenvalue weighted by Crippen LogP contribution is 2.39. The molecule has 1 aromatic heterocycles. The lowest BCUT2D eigenvalue weighted by atomic mass is 9.93. The van der Waals surface area contributed by atoms with Crippen molar-refractivity contribution in [2.24, 2.45) is 0 Å². The molecular formula is C31H36ClN7O. The van der Waals surface area contributed by atoms with Crippen molar-refractivity contribution in [1.82, 2.24) is 10.3 Å². The van der Waals surface area contributed by atoms with Gasteiger partial charge < -0.3 is 24.8 Å². The molecule has 0 amide bonds. The number of rotatable bonds is 4. The minimum atomic E-state index is 0. The maximum absolute atomic E-state index is 10.6. The minimum Gasteiger partial charge on any atom is -0.372 e. The molecule has 0 radical (unpaired) electrons. The standard InChI is InChI=1S/C31H35N7O.ClH/c1-21-17-38(18-22(2)39-21)31-27(16-33)28-20-36(29-9-5-7-23-6-3-4-8-25(23)29)14-11-26(28)30(35-31)37-15-13-34-24(19-37)10-12-32;/h3-9,21-22,24,34H,10-11,13-15,17-20H2,1-2H3;1H. The zero-order chi connectivity index (χ0) is 26.9. The normalized spacial score (nSPS) is 22.7. The number of anilines is 3. The summed E-state index contributed by atoms with van der Waals surface area (Å²) in [5.74, 6) is 1.75. The van der Waals surface area contributed by atoms with Crippen LogP contribution in [0.4, 0.5) is 17.3 Å².